The van der Waals surface area contributed by atoms with Crippen molar-refractivity contribution in [3.05, 3.63) is 24.8 Å². The molecule has 0 aromatic heterocycles. The maximum atomic E-state index is 10.6. The molecule has 0 rings (SSSR count). The van der Waals surface area contributed by atoms with Crippen LogP contribution < -0.4 is 5.32 Å². The summed E-state index contributed by atoms with van der Waals surface area (Å²) < 4.78 is 4.51. The highest BCUT2D eigenvalue weighted by atomic mass is 16.5. The second-order valence-corrected chi connectivity index (χ2v) is 5.16. The molecule has 0 spiro atoms. The van der Waals surface area contributed by atoms with Gasteiger partial charge in [-0.05, 0) is 33.8 Å². The topological polar surface area (TPSA) is 95.9 Å². The Morgan fingerprint density at radius 2 is 1.90 bits per heavy atom. The molecule has 0 saturated carbocycles. The van der Waals surface area contributed by atoms with E-state index in [1.807, 2.05) is 20.8 Å². The van der Waals surface area contributed by atoms with E-state index in [0.717, 1.165) is 0 Å². The normalized spacial score (nSPS) is 11.5. The number of aliphatic hydroxyl groups excluding tert-OH is 2. The molecule has 20 heavy (non-hydrogen) atoms. The zero-order chi connectivity index (χ0) is 16.3. The molecule has 3 N–H and O–H groups in total. The first kappa shape index (κ1) is 20.7. The van der Waals surface area contributed by atoms with Crippen LogP contribution in [0.3, 0.4) is 0 Å². The van der Waals surface area contributed by atoms with E-state index >= 15 is 0 Å². The quantitative estimate of drug-likeness (QED) is 0.507. The Bertz CT molecular complexity index is 344. The van der Waals surface area contributed by atoms with Gasteiger partial charge in [0.25, 0.3) is 0 Å². The first-order chi connectivity index (χ1) is 9.03. The van der Waals surface area contributed by atoms with Crippen molar-refractivity contribution in [2.45, 2.75) is 39.3 Å². The number of hydrogen-bond donors (Lipinski definition) is 3. The molecule has 1 amide bonds. The van der Waals surface area contributed by atoms with Crippen molar-refractivity contribution in [3.63, 3.8) is 0 Å². The predicted octanol–water partition coefficient (Wildman–Crippen LogP) is 0.546. The molecule has 0 heterocycles. The molecule has 116 valence electrons. The summed E-state index contributed by atoms with van der Waals surface area (Å²) in [5.74, 6) is -0.681. The van der Waals surface area contributed by atoms with Crippen LogP contribution in [-0.4, -0.2) is 46.9 Å². The van der Waals surface area contributed by atoms with Crippen molar-refractivity contribution in [2.75, 3.05) is 13.2 Å². The number of nitrogens with one attached hydrogen (secondary N) is 1. The van der Waals surface area contributed by atoms with Gasteiger partial charge in [-0.3, -0.25) is 4.79 Å². The smallest absolute Gasteiger partial charge is 0.333 e. The minimum atomic E-state index is -1.00. The third kappa shape index (κ3) is 14.4. The van der Waals surface area contributed by atoms with E-state index < -0.39 is 18.7 Å². The van der Waals surface area contributed by atoms with Crippen LogP contribution in [0.4, 0.5) is 0 Å². The summed E-state index contributed by atoms with van der Waals surface area (Å²) in [6, 6.07) is 0. The highest BCUT2D eigenvalue weighted by Gasteiger charge is 2.10. The summed E-state index contributed by atoms with van der Waals surface area (Å²) in [6.45, 7) is 13.3. The Hall–Kier alpha value is -1.66. The lowest BCUT2D eigenvalue weighted by Gasteiger charge is -2.18. The predicted molar refractivity (Wildman–Crippen MR) is 77.0 cm³/mol. The second-order valence-electron chi connectivity index (χ2n) is 5.16. The molecule has 1 atom stereocenters. The molecule has 0 aromatic carbocycles. The summed E-state index contributed by atoms with van der Waals surface area (Å²) in [7, 11) is 0. The average Bonchev–Trinajstić information content (AvgIpc) is 2.33. The molecule has 0 aromatic rings. The number of aliphatic hydroxyl groups is 2. The lowest BCUT2D eigenvalue weighted by atomic mass is 10.1. The summed E-state index contributed by atoms with van der Waals surface area (Å²) in [4.78, 5) is 21.2. The Balaban J connectivity index is 0. The zero-order valence-electron chi connectivity index (χ0n) is 12.6. The monoisotopic (exact) mass is 287 g/mol. The maximum absolute atomic E-state index is 10.6. The van der Waals surface area contributed by atoms with Crippen molar-refractivity contribution < 1.29 is 24.5 Å². The van der Waals surface area contributed by atoms with Gasteiger partial charge in [-0.2, -0.15) is 0 Å². The van der Waals surface area contributed by atoms with Gasteiger partial charge in [-0.15, -0.1) is 0 Å². The number of carbonyl (C=O) groups excluding carboxylic acids is 2. The fraction of sp³-hybridized carbons (Fsp3) is 0.571. The van der Waals surface area contributed by atoms with E-state index in [0.29, 0.717) is 0 Å². The van der Waals surface area contributed by atoms with Crippen LogP contribution in [0.25, 0.3) is 0 Å². The number of hydrogen-bond acceptors (Lipinski definition) is 5. The second kappa shape index (κ2) is 10.2. The Labute approximate surface area is 120 Å². The minimum Gasteiger partial charge on any atom is -0.460 e. The van der Waals surface area contributed by atoms with Gasteiger partial charge < -0.3 is 20.3 Å². The largest absolute Gasteiger partial charge is 0.460 e. The van der Waals surface area contributed by atoms with Crippen LogP contribution >= 0.6 is 0 Å². The summed E-state index contributed by atoms with van der Waals surface area (Å²) in [5.41, 5.74) is 0.126. The van der Waals surface area contributed by atoms with Crippen LogP contribution in [-0.2, 0) is 14.3 Å². The van der Waals surface area contributed by atoms with Gasteiger partial charge in [0, 0.05) is 11.1 Å². The van der Waals surface area contributed by atoms with E-state index in [9.17, 15) is 9.59 Å². The third-order valence-electron chi connectivity index (χ3n) is 1.65. The van der Waals surface area contributed by atoms with Gasteiger partial charge >= 0.3 is 5.97 Å². The summed E-state index contributed by atoms with van der Waals surface area (Å²) in [5, 5.41) is 19.8. The highest BCUT2D eigenvalue weighted by Crippen LogP contribution is 1.97. The lowest BCUT2D eigenvalue weighted by Crippen LogP contribution is -2.39. The van der Waals surface area contributed by atoms with E-state index in [2.05, 4.69) is 23.2 Å². The maximum Gasteiger partial charge on any atom is 0.333 e. The Morgan fingerprint density at radius 1 is 1.40 bits per heavy atom. The van der Waals surface area contributed by atoms with Crippen LogP contribution in [0.5, 0.6) is 0 Å². The fourth-order valence-electron chi connectivity index (χ4n) is 0.768. The SMILES string of the molecule is C=C(C)C(=O)OCC(O)CO.C=CC(=O)NC(C)(C)C. The molecular weight excluding hydrogens is 262 g/mol. The van der Waals surface area contributed by atoms with E-state index in [4.69, 9.17) is 10.2 Å². The molecule has 0 bridgehead atoms. The molecule has 6 heteroatoms. The summed E-state index contributed by atoms with van der Waals surface area (Å²) in [6.07, 6.45) is 0.268. The minimum absolute atomic E-state index is 0.123. The first-order valence-corrected chi connectivity index (χ1v) is 6.09. The van der Waals surface area contributed by atoms with E-state index in [1.165, 1.54) is 13.0 Å². The number of rotatable bonds is 5. The Morgan fingerprint density at radius 3 is 2.15 bits per heavy atom. The van der Waals surface area contributed by atoms with E-state index in [1.54, 1.807) is 0 Å². The van der Waals surface area contributed by atoms with Crippen molar-refractivity contribution in [1.82, 2.24) is 5.32 Å². The van der Waals surface area contributed by atoms with E-state index in [-0.39, 0.29) is 23.6 Å². The number of esters is 1. The van der Waals surface area contributed by atoms with Crippen molar-refractivity contribution in [3.8, 4) is 0 Å². The standard InChI is InChI=1S/C7H13NO.C7H12O4/c1-5-6(9)8-7(2,3)4;1-5(2)7(10)11-4-6(9)3-8/h5H,1H2,2-4H3,(H,8,9);6,8-9H,1,3-4H2,2H3. The molecule has 0 aliphatic heterocycles. The molecule has 6 nitrogen and oxygen atoms in total. The van der Waals surface area contributed by atoms with Gasteiger partial charge in [0.1, 0.15) is 12.7 Å². The molecule has 0 aliphatic rings. The molecular formula is C14H25NO5. The molecule has 0 aliphatic carbocycles. The van der Waals surface area contributed by atoms with Gasteiger partial charge in [-0.25, -0.2) is 4.79 Å². The third-order valence-corrected chi connectivity index (χ3v) is 1.65. The van der Waals surface area contributed by atoms with Crippen LogP contribution in [0.2, 0.25) is 0 Å². The number of amides is 1. The summed E-state index contributed by atoms with van der Waals surface area (Å²) >= 11 is 0. The molecule has 0 radical (unpaired) electrons. The van der Waals surface area contributed by atoms with Crippen molar-refractivity contribution in [1.29, 1.82) is 0 Å². The van der Waals surface area contributed by atoms with Gasteiger partial charge in [0.05, 0.1) is 6.61 Å². The van der Waals surface area contributed by atoms with Crippen molar-refractivity contribution >= 4 is 11.9 Å². The first-order valence-electron chi connectivity index (χ1n) is 6.09. The van der Waals surface area contributed by atoms with Crippen LogP contribution in [0.1, 0.15) is 27.7 Å². The van der Waals surface area contributed by atoms with Gasteiger partial charge in [-0.1, -0.05) is 13.2 Å². The average molecular weight is 287 g/mol. The molecule has 1 unspecified atom stereocenters. The Kier molecular flexibility index (Phi) is 10.5. The number of ether oxygens (including phenoxy) is 1. The molecule has 0 fully saturated rings. The fourth-order valence-corrected chi connectivity index (χ4v) is 0.768. The van der Waals surface area contributed by atoms with Crippen LogP contribution in [0.15, 0.2) is 24.8 Å². The lowest BCUT2D eigenvalue weighted by molar-refractivity contribution is -0.142. The van der Waals surface area contributed by atoms with Crippen molar-refractivity contribution in [2.24, 2.45) is 0 Å². The van der Waals surface area contributed by atoms with Gasteiger partial charge in [0.2, 0.25) is 5.91 Å². The van der Waals surface area contributed by atoms with Crippen LogP contribution in [0, 0.1) is 0 Å². The molecule has 0 saturated heterocycles. The van der Waals surface area contributed by atoms with Gasteiger partial charge in [0.15, 0.2) is 0 Å². The highest BCUT2D eigenvalue weighted by molar-refractivity contribution is 5.87. The zero-order valence-corrected chi connectivity index (χ0v) is 12.6. The number of carbonyl (C=O) groups is 2.